The van der Waals surface area contributed by atoms with Crippen LogP contribution >= 0.6 is 11.8 Å². The molecule has 0 unspecified atom stereocenters. The summed E-state index contributed by atoms with van der Waals surface area (Å²) in [7, 11) is 0. The SMILES string of the molecule is CCOc1n[nH]c(NC(=O)c2ccc(CSC(F)F)o2)n1. The molecule has 2 rings (SSSR count). The number of amides is 1. The van der Waals surface area contributed by atoms with Crippen LogP contribution in [0.15, 0.2) is 16.5 Å². The van der Waals surface area contributed by atoms with Crippen molar-refractivity contribution >= 4 is 23.6 Å². The van der Waals surface area contributed by atoms with Crippen molar-refractivity contribution in [3.63, 3.8) is 0 Å². The molecule has 0 aliphatic carbocycles. The molecular weight excluding hydrogens is 306 g/mol. The van der Waals surface area contributed by atoms with Crippen LogP contribution in [0.5, 0.6) is 6.01 Å². The van der Waals surface area contributed by atoms with E-state index in [-0.39, 0.29) is 29.2 Å². The van der Waals surface area contributed by atoms with Gasteiger partial charge in [0.05, 0.1) is 12.4 Å². The number of hydrogen-bond acceptors (Lipinski definition) is 6. The number of H-pyrrole nitrogens is 1. The van der Waals surface area contributed by atoms with E-state index >= 15 is 0 Å². The van der Waals surface area contributed by atoms with E-state index in [0.717, 1.165) is 0 Å². The highest BCUT2D eigenvalue weighted by Crippen LogP contribution is 2.21. The zero-order valence-electron chi connectivity index (χ0n) is 10.9. The third-order valence-electron chi connectivity index (χ3n) is 2.21. The average molecular weight is 318 g/mol. The Morgan fingerprint density at radius 2 is 2.38 bits per heavy atom. The molecule has 0 saturated heterocycles. The molecule has 2 N–H and O–H groups in total. The first-order valence-electron chi connectivity index (χ1n) is 5.93. The summed E-state index contributed by atoms with van der Waals surface area (Å²) in [6, 6.07) is 2.98. The van der Waals surface area contributed by atoms with Gasteiger partial charge in [0.15, 0.2) is 5.76 Å². The van der Waals surface area contributed by atoms with Crippen molar-refractivity contribution in [2.75, 3.05) is 11.9 Å². The molecule has 0 aliphatic rings. The van der Waals surface area contributed by atoms with E-state index in [1.54, 1.807) is 6.92 Å². The number of alkyl halides is 2. The molecule has 2 aromatic rings. The number of carbonyl (C=O) groups is 1. The molecule has 2 heterocycles. The zero-order chi connectivity index (χ0) is 15.2. The molecule has 7 nitrogen and oxygen atoms in total. The number of nitrogens with zero attached hydrogens (tertiary/aromatic N) is 2. The van der Waals surface area contributed by atoms with Crippen LogP contribution in [0, 0.1) is 0 Å². The summed E-state index contributed by atoms with van der Waals surface area (Å²) in [6.45, 7) is 2.17. The number of furan rings is 1. The van der Waals surface area contributed by atoms with Gasteiger partial charge in [-0.1, -0.05) is 11.8 Å². The fourth-order valence-corrected chi connectivity index (χ4v) is 1.83. The van der Waals surface area contributed by atoms with E-state index < -0.39 is 11.7 Å². The van der Waals surface area contributed by atoms with Crippen LogP contribution < -0.4 is 10.1 Å². The molecule has 0 spiro atoms. The van der Waals surface area contributed by atoms with E-state index in [0.29, 0.717) is 18.4 Å². The number of carbonyl (C=O) groups excluding carboxylic acids is 1. The fourth-order valence-electron chi connectivity index (χ4n) is 1.39. The molecule has 0 aliphatic heterocycles. The predicted molar refractivity (Wildman–Crippen MR) is 71.5 cm³/mol. The number of halogens is 2. The Bertz CT molecular complexity index is 602. The van der Waals surface area contributed by atoms with Gasteiger partial charge >= 0.3 is 6.01 Å². The maximum absolute atomic E-state index is 12.0. The van der Waals surface area contributed by atoms with Crippen LogP contribution in [0.2, 0.25) is 0 Å². The molecule has 0 saturated carbocycles. The molecule has 1 amide bonds. The van der Waals surface area contributed by atoms with Crippen LogP contribution in [0.1, 0.15) is 23.2 Å². The predicted octanol–water partition coefficient (Wildman–Crippen LogP) is 2.50. The van der Waals surface area contributed by atoms with Gasteiger partial charge in [-0.05, 0) is 19.1 Å². The van der Waals surface area contributed by atoms with Crippen LogP contribution in [0.3, 0.4) is 0 Å². The van der Waals surface area contributed by atoms with Gasteiger partial charge in [0.1, 0.15) is 5.76 Å². The quantitative estimate of drug-likeness (QED) is 0.815. The lowest BCUT2D eigenvalue weighted by Gasteiger charge is -1.98. The van der Waals surface area contributed by atoms with Gasteiger partial charge in [0.2, 0.25) is 5.95 Å². The Hall–Kier alpha value is -2.10. The van der Waals surface area contributed by atoms with Gasteiger partial charge < -0.3 is 9.15 Å². The van der Waals surface area contributed by atoms with E-state index in [2.05, 4.69) is 20.5 Å². The molecule has 0 fully saturated rings. The first-order chi connectivity index (χ1) is 10.1. The summed E-state index contributed by atoms with van der Waals surface area (Å²) in [5.41, 5.74) is 0. The Kier molecular flexibility index (Phi) is 5.14. The normalized spacial score (nSPS) is 10.9. The Morgan fingerprint density at radius 3 is 3.10 bits per heavy atom. The first kappa shape index (κ1) is 15.3. The number of rotatable bonds is 7. The fraction of sp³-hybridized carbons (Fsp3) is 0.364. The summed E-state index contributed by atoms with van der Waals surface area (Å²) < 4.78 is 34.3. The van der Waals surface area contributed by atoms with E-state index in [1.165, 1.54) is 12.1 Å². The van der Waals surface area contributed by atoms with Crippen molar-refractivity contribution < 1.29 is 22.7 Å². The van der Waals surface area contributed by atoms with Crippen LogP contribution in [0.4, 0.5) is 14.7 Å². The molecule has 21 heavy (non-hydrogen) atoms. The lowest BCUT2D eigenvalue weighted by atomic mass is 10.4. The molecule has 0 bridgehead atoms. The van der Waals surface area contributed by atoms with E-state index in [4.69, 9.17) is 9.15 Å². The number of nitrogens with one attached hydrogen (secondary N) is 2. The second-order valence-corrected chi connectivity index (χ2v) is 4.67. The number of aromatic amines is 1. The summed E-state index contributed by atoms with van der Waals surface area (Å²) in [5.74, 6) is -2.68. The van der Waals surface area contributed by atoms with Crippen molar-refractivity contribution in [1.29, 1.82) is 0 Å². The molecular formula is C11H12F2N4O3S. The molecule has 2 aromatic heterocycles. The van der Waals surface area contributed by atoms with Crippen LogP contribution in [-0.4, -0.2) is 33.5 Å². The highest BCUT2D eigenvalue weighted by molar-refractivity contribution is 7.98. The third-order valence-corrected chi connectivity index (χ3v) is 2.91. The standard InChI is InChI=1S/C11H12F2N4O3S/c1-2-19-11-15-10(16-17-11)14-8(18)7-4-3-6(20-7)5-21-9(12)13/h3-4,9H,2,5H2,1H3,(H2,14,15,16,17,18). The summed E-state index contributed by atoms with van der Waals surface area (Å²) in [5, 5.41) is 8.61. The lowest BCUT2D eigenvalue weighted by Crippen LogP contribution is -2.12. The van der Waals surface area contributed by atoms with Crippen molar-refractivity contribution in [3.8, 4) is 6.01 Å². The van der Waals surface area contributed by atoms with Gasteiger partial charge in [0, 0.05) is 0 Å². The number of hydrogen-bond donors (Lipinski definition) is 2. The van der Waals surface area contributed by atoms with Crippen molar-refractivity contribution in [3.05, 3.63) is 23.7 Å². The van der Waals surface area contributed by atoms with Crippen LogP contribution in [-0.2, 0) is 5.75 Å². The molecule has 10 heteroatoms. The molecule has 0 radical (unpaired) electrons. The van der Waals surface area contributed by atoms with Gasteiger partial charge in [0.25, 0.3) is 11.7 Å². The number of ether oxygens (including phenoxy) is 1. The van der Waals surface area contributed by atoms with Crippen molar-refractivity contribution in [1.82, 2.24) is 15.2 Å². The number of thioether (sulfide) groups is 1. The van der Waals surface area contributed by atoms with Gasteiger partial charge in [-0.3, -0.25) is 10.1 Å². The maximum Gasteiger partial charge on any atom is 0.337 e. The highest BCUT2D eigenvalue weighted by atomic mass is 32.2. The van der Waals surface area contributed by atoms with Crippen molar-refractivity contribution in [2.45, 2.75) is 18.4 Å². The smallest absolute Gasteiger partial charge is 0.337 e. The Morgan fingerprint density at radius 1 is 1.57 bits per heavy atom. The lowest BCUT2D eigenvalue weighted by molar-refractivity contribution is 0.0994. The third kappa shape index (κ3) is 4.45. The topological polar surface area (TPSA) is 93.0 Å². The molecule has 114 valence electrons. The molecule has 0 aromatic carbocycles. The first-order valence-corrected chi connectivity index (χ1v) is 6.98. The second-order valence-electron chi connectivity index (χ2n) is 3.69. The minimum absolute atomic E-state index is 0.00535. The zero-order valence-corrected chi connectivity index (χ0v) is 11.7. The summed E-state index contributed by atoms with van der Waals surface area (Å²) >= 11 is 0.418. The highest BCUT2D eigenvalue weighted by Gasteiger charge is 2.15. The number of anilines is 1. The van der Waals surface area contributed by atoms with Crippen molar-refractivity contribution in [2.24, 2.45) is 0 Å². The van der Waals surface area contributed by atoms with E-state index in [9.17, 15) is 13.6 Å². The Balaban J connectivity index is 1.93. The largest absolute Gasteiger partial charge is 0.463 e. The monoisotopic (exact) mass is 318 g/mol. The average Bonchev–Trinajstić information content (AvgIpc) is 3.06. The minimum Gasteiger partial charge on any atom is -0.463 e. The number of aromatic nitrogens is 3. The van der Waals surface area contributed by atoms with E-state index in [1.807, 2.05) is 0 Å². The molecule has 0 atom stereocenters. The minimum atomic E-state index is -2.49. The summed E-state index contributed by atoms with van der Waals surface area (Å²) in [6.07, 6.45) is 0. The maximum atomic E-state index is 12.0. The summed E-state index contributed by atoms with van der Waals surface area (Å²) in [4.78, 5) is 15.7. The van der Waals surface area contributed by atoms with Gasteiger partial charge in [-0.25, -0.2) is 5.10 Å². The van der Waals surface area contributed by atoms with Gasteiger partial charge in [-0.2, -0.15) is 13.8 Å². The van der Waals surface area contributed by atoms with Crippen LogP contribution in [0.25, 0.3) is 0 Å². The Labute approximate surface area is 122 Å². The second kappa shape index (κ2) is 7.07. The van der Waals surface area contributed by atoms with Gasteiger partial charge in [-0.15, -0.1) is 5.10 Å².